The fourth-order valence-electron chi connectivity index (χ4n) is 2.49. The molecule has 0 aromatic heterocycles. The van der Waals surface area contributed by atoms with Crippen LogP contribution in [0.4, 0.5) is 4.39 Å². The molecule has 1 aliphatic heterocycles. The lowest BCUT2D eigenvalue weighted by Crippen LogP contribution is -2.51. The normalized spacial score (nSPS) is 26.1. The second-order valence-corrected chi connectivity index (χ2v) is 5.86. The van der Waals surface area contributed by atoms with Crippen molar-refractivity contribution >= 4 is 11.9 Å². The summed E-state index contributed by atoms with van der Waals surface area (Å²) in [5.41, 5.74) is 0.539. The number of ketones is 1. The Labute approximate surface area is 125 Å². The first-order chi connectivity index (χ1) is 9.97. The zero-order valence-electron chi connectivity index (χ0n) is 12.6. The fourth-order valence-corrected chi connectivity index (χ4v) is 2.49. The van der Waals surface area contributed by atoms with E-state index in [-0.39, 0.29) is 23.3 Å². The highest BCUT2D eigenvalue weighted by atomic mass is 19.1. The molecular formula is C17H22FNO2. The molecule has 1 saturated heterocycles. The van der Waals surface area contributed by atoms with Gasteiger partial charge in [-0.15, -0.1) is 0 Å². The molecule has 0 amide bonds. The van der Waals surface area contributed by atoms with Gasteiger partial charge in [0.1, 0.15) is 5.82 Å². The van der Waals surface area contributed by atoms with Crippen molar-refractivity contribution in [2.75, 3.05) is 13.1 Å². The number of benzene rings is 1. The molecule has 0 aliphatic carbocycles. The minimum atomic E-state index is -0.281. The predicted molar refractivity (Wildman–Crippen MR) is 81.5 cm³/mol. The number of hydrogen-bond donors (Lipinski definition) is 1. The Balaban J connectivity index is 1.83. The van der Waals surface area contributed by atoms with Crippen molar-refractivity contribution in [1.29, 1.82) is 0 Å². The zero-order chi connectivity index (χ0) is 15.3. The summed E-state index contributed by atoms with van der Waals surface area (Å²) in [6.07, 6.45) is 4.58. The number of rotatable bonds is 5. The van der Waals surface area contributed by atoms with Gasteiger partial charge in [0.05, 0.1) is 11.7 Å². The number of nitrogens with one attached hydrogen (secondary N) is 1. The molecule has 0 spiro atoms. The van der Waals surface area contributed by atoms with Crippen LogP contribution in [0.1, 0.15) is 32.3 Å². The first-order valence-corrected chi connectivity index (χ1v) is 7.32. The minimum Gasteiger partial charge on any atom is -0.370 e. The SMILES string of the molecule is CC1CNCC(C)(CCC(=O)/C=C/c2ccc(F)cc2)O1. The topological polar surface area (TPSA) is 38.3 Å². The maximum absolute atomic E-state index is 12.8. The van der Waals surface area contributed by atoms with Crippen molar-refractivity contribution in [1.82, 2.24) is 5.32 Å². The largest absolute Gasteiger partial charge is 0.370 e. The summed E-state index contributed by atoms with van der Waals surface area (Å²) in [5, 5.41) is 3.32. The summed E-state index contributed by atoms with van der Waals surface area (Å²) in [6.45, 7) is 5.69. The number of allylic oxidation sites excluding steroid dienone is 1. The summed E-state index contributed by atoms with van der Waals surface area (Å²) < 4.78 is 18.7. The highest BCUT2D eigenvalue weighted by Crippen LogP contribution is 2.22. The molecule has 2 unspecified atom stereocenters. The minimum absolute atomic E-state index is 0.0578. The highest BCUT2D eigenvalue weighted by molar-refractivity contribution is 5.93. The Hall–Kier alpha value is -1.52. The second-order valence-electron chi connectivity index (χ2n) is 5.86. The fraction of sp³-hybridized carbons (Fsp3) is 0.471. The third-order valence-electron chi connectivity index (χ3n) is 3.65. The van der Waals surface area contributed by atoms with E-state index in [1.807, 2.05) is 13.8 Å². The van der Waals surface area contributed by atoms with Crippen molar-refractivity contribution in [3.05, 3.63) is 41.7 Å². The van der Waals surface area contributed by atoms with Gasteiger partial charge in [-0.05, 0) is 44.0 Å². The number of morpholine rings is 1. The van der Waals surface area contributed by atoms with Crippen LogP contribution in [0.2, 0.25) is 0 Å². The smallest absolute Gasteiger partial charge is 0.155 e. The molecule has 114 valence electrons. The van der Waals surface area contributed by atoms with Crippen molar-refractivity contribution in [2.24, 2.45) is 0 Å². The standard InChI is InChI=1S/C17H22FNO2/c1-13-11-19-12-17(2,21-13)10-9-16(20)8-5-14-3-6-15(18)7-4-14/h3-8,13,19H,9-12H2,1-2H3/b8-5+. The molecule has 21 heavy (non-hydrogen) atoms. The third-order valence-corrected chi connectivity index (χ3v) is 3.65. The summed E-state index contributed by atoms with van der Waals surface area (Å²) in [6, 6.07) is 6.06. The summed E-state index contributed by atoms with van der Waals surface area (Å²) in [5.74, 6) is -0.218. The van der Waals surface area contributed by atoms with Gasteiger partial charge in [-0.2, -0.15) is 0 Å². The van der Waals surface area contributed by atoms with E-state index in [0.29, 0.717) is 12.8 Å². The van der Waals surface area contributed by atoms with Gasteiger partial charge in [0, 0.05) is 19.5 Å². The Morgan fingerprint density at radius 2 is 2.19 bits per heavy atom. The monoisotopic (exact) mass is 291 g/mol. The van der Waals surface area contributed by atoms with E-state index in [1.54, 1.807) is 24.3 Å². The molecule has 1 N–H and O–H groups in total. The van der Waals surface area contributed by atoms with E-state index in [9.17, 15) is 9.18 Å². The third kappa shape index (κ3) is 5.06. The summed E-state index contributed by atoms with van der Waals surface area (Å²) >= 11 is 0. The van der Waals surface area contributed by atoms with Gasteiger partial charge in [0.2, 0.25) is 0 Å². The molecule has 4 heteroatoms. The number of carbonyl (C=O) groups is 1. The van der Waals surface area contributed by atoms with Crippen LogP contribution in [-0.2, 0) is 9.53 Å². The average molecular weight is 291 g/mol. The molecule has 1 aromatic rings. The van der Waals surface area contributed by atoms with Crippen LogP contribution in [-0.4, -0.2) is 30.6 Å². The molecule has 0 bridgehead atoms. The van der Waals surface area contributed by atoms with Gasteiger partial charge in [-0.25, -0.2) is 4.39 Å². The molecule has 0 radical (unpaired) electrons. The lowest BCUT2D eigenvalue weighted by molar-refractivity contribution is -0.121. The van der Waals surface area contributed by atoms with Crippen LogP contribution in [0.5, 0.6) is 0 Å². The van der Waals surface area contributed by atoms with Crippen molar-refractivity contribution in [3.63, 3.8) is 0 Å². The van der Waals surface area contributed by atoms with Crippen LogP contribution in [0.25, 0.3) is 6.08 Å². The van der Waals surface area contributed by atoms with Gasteiger partial charge in [0.25, 0.3) is 0 Å². The number of hydrogen-bond acceptors (Lipinski definition) is 3. The van der Waals surface area contributed by atoms with Gasteiger partial charge < -0.3 is 10.1 Å². The molecule has 1 fully saturated rings. The molecule has 1 heterocycles. The predicted octanol–water partition coefficient (Wildman–Crippen LogP) is 2.96. The maximum atomic E-state index is 12.8. The molecule has 1 aliphatic rings. The molecule has 2 rings (SSSR count). The lowest BCUT2D eigenvalue weighted by atomic mass is 9.96. The van der Waals surface area contributed by atoms with Crippen molar-refractivity contribution in [2.45, 2.75) is 38.4 Å². The Bertz CT molecular complexity index is 512. The Morgan fingerprint density at radius 3 is 2.86 bits per heavy atom. The highest BCUT2D eigenvalue weighted by Gasteiger charge is 2.30. The van der Waals surface area contributed by atoms with Crippen LogP contribution in [0.3, 0.4) is 0 Å². The zero-order valence-corrected chi connectivity index (χ0v) is 12.6. The molecule has 2 atom stereocenters. The first-order valence-electron chi connectivity index (χ1n) is 7.32. The molecule has 0 saturated carbocycles. The lowest BCUT2D eigenvalue weighted by Gasteiger charge is -2.38. The van der Waals surface area contributed by atoms with Crippen LogP contribution >= 0.6 is 0 Å². The second kappa shape index (κ2) is 6.96. The maximum Gasteiger partial charge on any atom is 0.155 e. The van der Waals surface area contributed by atoms with E-state index >= 15 is 0 Å². The van der Waals surface area contributed by atoms with Crippen molar-refractivity contribution < 1.29 is 13.9 Å². The quantitative estimate of drug-likeness (QED) is 0.848. The molecule has 1 aromatic carbocycles. The van der Waals surface area contributed by atoms with Gasteiger partial charge in [0.15, 0.2) is 5.78 Å². The Kier molecular flexibility index (Phi) is 5.26. The first kappa shape index (κ1) is 15.9. The van der Waals surface area contributed by atoms with Gasteiger partial charge in [-0.3, -0.25) is 4.79 Å². The number of carbonyl (C=O) groups excluding carboxylic acids is 1. The molecular weight excluding hydrogens is 269 g/mol. The van der Waals surface area contributed by atoms with Gasteiger partial charge in [-0.1, -0.05) is 18.2 Å². The summed E-state index contributed by atoms with van der Waals surface area (Å²) in [4.78, 5) is 11.9. The van der Waals surface area contributed by atoms with E-state index in [0.717, 1.165) is 18.7 Å². The van der Waals surface area contributed by atoms with E-state index in [2.05, 4.69) is 5.32 Å². The van der Waals surface area contributed by atoms with E-state index in [1.165, 1.54) is 12.1 Å². The van der Waals surface area contributed by atoms with Gasteiger partial charge >= 0.3 is 0 Å². The van der Waals surface area contributed by atoms with Crippen molar-refractivity contribution in [3.8, 4) is 0 Å². The molecule has 3 nitrogen and oxygen atoms in total. The van der Waals surface area contributed by atoms with Crippen LogP contribution in [0.15, 0.2) is 30.3 Å². The number of halogens is 1. The van der Waals surface area contributed by atoms with E-state index < -0.39 is 0 Å². The van der Waals surface area contributed by atoms with Crippen LogP contribution in [0, 0.1) is 5.82 Å². The number of ether oxygens (including phenoxy) is 1. The van der Waals surface area contributed by atoms with Crippen LogP contribution < -0.4 is 5.32 Å². The average Bonchev–Trinajstić information content (AvgIpc) is 2.44. The Morgan fingerprint density at radius 1 is 1.48 bits per heavy atom. The van der Waals surface area contributed by atoms with E-state index in [4.69, 9.17) is 4.74 Å². The summed E-state index contributed by atoms with van der Waals surface area (Å²) in [7, 11) is 0.